The van der Waals surface area contributed by atoms with E-state index >= 15 is 0 Å². The molecule has 0 spiro atoms. The van der Waals surface area contributed by atoms with Gasteiger partial charge in [-0.25, -0.2) is 4.98 Å². The van der Waals surface area contributed by atoms with E-state index in [2.05, 4.69) is 31.4 Å². The van der Waals surface area contributed by atoms with E-state index < -0.39 is 47.7 Å². The molecule has 0 fully saturated rings. The zero-order valence-electron chi connectivity index (χ0n) is 25.2. The largest absolute Gasteiger partial charge is 0.359 e. The third kappa shape index (κ3) is 8.52. The Morgan fingerprint density at radius 1 is 1.02 bits per heavy atom. The molecular formula is C30H38N8O6. The number of fused-ring (bicyclic) bond motifs is 2. The molecule has 14 nitrogen and oxygen atoms in total. The molecule has 1 aromatic carbocycles. The molecule has 3 atom stereocenters. The second-order valence-electron chi connectivity index (χ2n) is 11.3. The van der Waals surface area contributed by atoms with Crippen LogP contribution in [-0.4, -0.2) is 80.4 Å². The number of benzene rings is 1. The maximum atomic E-state index is 13.5. The molecule has 0 unspecified atom stereocenters. The lowest BCUT2D eigenvalue weighted by Crippen LogP contribution is -2.57. The van der Waals surface area contributed by atoms with Gasteiger partial charge in [-0.2, -0.15) is 0 Å². The first-order chi connectivity index (χ1) is 21.0. The summed E-state index contributed by atoms with van der Waals surface area (Å²) in [6, 6.07) is 7.66. The molecule has 4 N–H and O–H groups in total. The van der Waals surface area contributed by atoms with Crippen molar-refractivity contribution in [2.45, 2.75) is 58.3 Å². The summed E-state index contributed by atoms with van der Waals surface area (Å²) in [7, 11) is 1.73. The van der Waals surface area contributed by atoms with Crippen LogP contribution in [0.15, 0.2) is 53.4 Å². The number of hydrogen-bond acceptors (Lipinski definition) is 8. The second kappa shape index (κ2) is 14.4. The highest BCUT2D eigenvalue weighted by atomic mass is 16.5. The molecule has 2 aromatic heterocycles. The van der Waals surface area contributed by atoms with Crippen molar-refractivity contribution < 1.29 is 28.5 Å². The van der Waals surface area contributed by atoms with Crippen molar-refractivity contribution in [2.24, 2.45) is 13.0 Å². The minimum Gasteiger partial charge on any atom is -0.359 e. The van der Waals surface area contributed by atoms with Gasteiger partial charge in [0.2, 0.25) is 17.7 Å². The molecule has 234 valence electrons. The predicted octanol–water partition coefficient (Wildman–Crippen LogP) is 0.557. The lowest BCUT2D eigenvalue weighted by molar-refractivity contribution is -0.132. The number of hydrogen-bond donors (Lipinski definition) is 4. The quantitative estimate of drug-likeness (QED) is 0.325. The SMILES string of the molecule is CC(C)C[C@H]1NC(=O)[C@@H](C)NC(=O)c2cc(on2)CN(C(=O)c2cn(C)cn2)CCNC(=O)[C@@H](Cc2ccccc2)NC1=O. The Morgan fingerprint density at radius 3 is 2.43 bits per heavy atom. The van der Waals surface area contributed by atoms with E-state index in [1.54, 1.807) is 17.8 Å². The second-order valence-corrected chi connectivity index (χ2v) is 11.3. The Morgan fingerprint density at radius 2 is 1.75 bits per heavy atom. The fourth-order valence-electron chi connectivity index (χ4n) is 4.72. The van der Waals surface area contributed by atoms with Crippen LogP contribution in [0.2, 0.25) is 0 Å². The van der Waals surface area contributed by atoms with Crippen molar-refractivity contribution in [1.82, 2.24) is 40.9 Å². The van der Waals surface area contributed by atoms with Gasteiger partial charge in [0.25, 0.3) is 11.8 Å². The van der Waals surface area contributed by atoms with Gasteiger partial charge in [-0.3, -0.25) is 24.0 Å². The molecular weight excluding hydrogens is 568 g/mol. The summed E-state index contributed by atoms with van der Waals surface area (Å²) in [5.74, 6) is -2.40. The predicted molar refractivity (Wildman–Crippen MR) is 158 cm³/mol. The van der Waals surface area contributed by atoms with Gasteiger partial charge < -0.3 is 35.3 Å². The van der Waals surface area contributed by atoms with Crippen LogP contribution in [0.5, 0.6) is 0 Å². The molecule has 44 heavy (non-hydrogen) atoms. The van der Waals surface area contributed by atoms with Gasteiger partial charge in [-0.15, -0.1) is 0 Å². The van der Waals surface area contributed by atoms with E-state index in [0.717, 1.165) is 5.56 Å². The molecule has 0 saturated heterocycles. The average molecular weight is 607 g/mol. The normalized spacial score (nSPS) is 20.7. The van der Waals surface area contributed by atoms with Crippen LogP contribution in [0.25, 0.3) is 0 Å². The number of aryl methyl sites for hydroxylation is 1. The zero-order valence-corrected chi connectivity index (χ0v) is 25.2. The van der Waals surface area contributed by atoms with Crippen LogP contribution in [0.1, 0.15) is 59.5 Å². The molecule has 1 aliphatic heterocycles. The number of rotatable bonds is 5. The highest BCUT2D eigenvalue weighted by Crippen LogP contribution is 2.12. The fraction of sp³-hybridized carbons (Fsp3) is 0.433. The molecule has 0 aliphatic carbocycles. The molecule has 3 aromatic rings. The monoisotopic (exact) mass is 606 g/mol. The van der Waals surface area contributed by atoms with Crippen molar-refractivity contribution in [1.29, 1.82) is 0 Å². The number of carbonyl (C=O) groups is 5. The molecule has 0 radical (unpaired) electrons. The molecule has 2 bridgehead atoms. The van der Waals surface area contributed by atoms with Crippen molar-refractivity contribution in [3.8, 4) is 0 Å². The highest BCUT2D eigenvalue weighted by Gasteiger charge is 2.30. The summed E-state index contributed by atoms with van der Waals surface area (Å²) < 4.78 is 6.97. The maximum Gasteiger partial charge on any atom is 0.274 e. The number of amides is 5. The van der Waals surface area contributed by atoms with Crippen LogP contribution in [-0.2, 0) is 34.4 Å². The summed E-state index contributed by atoms with van der Waals surface area (Å²) in [5, 5.41) is 14.7. The average Bonchev–Trinajstić information content (AvgIpc) is 3.64. The Labute approximate surface area is 254 Å². The first kappa shape index (κ1) is 31.9. The van der Waals surface area contributed by atoms with E-state index in [1.165, 1.54) is 24.2 Å². The Kier molecular flexibility index (Phi) is 10.5. The Hall–Kier alpha value is -5.01. The maximum absolute atomic E-state index is 13.5. The van der Waals surface area contributed by atoms with Crippen LogP contribution >= 0.6 is 0 Å². The topological polar surface area (TPSA) is 181 Å². The first-order valence-corrected chi connectivity index (χ1v) is 14.5. The van der Waals surface area contributed by atoms with Crippen molar-refractivity contribution >= 4 is 29.5 Å². The smallest absolute Gasteiger partial charge is 0.274 e. The van der Waals surface area contributed by atoms with Crippen LogP contribution in [0, 0.1) is 5.92 Å². The first-order valence-electron chi connectivity index (χ1n) is 14.5. The number of nitrogens with one attached hydrogen (secondary N) is 4. The molecule has 5 amide bonds. The van der Waals surface area contributed by atoms with Gasteiger partial charge in [-0.05, 0) is 24.8 Å². The van der Waals surface area contributed by atoms with Crippen molar-refractivity contribution in [3.63, 3.8) is 0 Å². The lowest BCUT2D eigenvalue weighted by atomic mass is 10.0. The third-order valence-electron chi connectivity index (χ3n) is 7.03. The van der Waals surface area contributed by atoms with E-state index in [4.69, 9.17) is 4.52 Å². The lowest BCUT2D eigenvalue weighted by Gasteiger charge is -2.26. The fourth-order valence-corrected chi connectivity index (χ4v) is 4.72. The van der Waals surface area contributed by atoms with E-state index in [1.807, 2.05) is 44.2 Å². The molecule has 0 saturated carbocycles. The minimum atomic E-state index is -1.02. The molecule has 1 aliphatic rings. The summed E-state index contributed by atoms with van der Waals surface area (Å²) in [4.78, 5) is 71.8. The van der Waals surface area contributed by atoms with Crippen LogP contribution in [0.3, 0.4) is 0 Å². The Bertz CT molecular complexity index is 1480. The van der Waals surface area contributed by atoms with Gasteiger partial charge in [0.05, 0.1) is 12.9 Å². The van der Waals surface area contributed by atoms with Gasteiger partial charge in [0.15, 0.2) is 11.5 Å². The summed E-state index contributed by atoms with van der Waals surface area (Å²) >= 11 is 0. The highest BCUT2D eigenvalue weighted by molar-refractivity contribution is 5.97. The molecule has 4 rings (SSSR count). The van der Waals surface area contributed by atoms with E-state index in [9.17, 15) is 24.0 Å². The Balaban J connectivity index is 1.64. The molecule has 3 heterocycles. The summed E-state index contributed by atoms with van der Waals surface area (Å²) in [6.45, 7) is 5.34. The van der Waals surface area contributed by atoms with Crippen LogP contribution < -0.4 is 21.3 Å². The van der Waals surface area contributed by atoms with Gasteiger partial charge >= 0.3 is 0 Å². The van der Waals surface area contributed by atoms with Gasteiger partial charge in [-0.1, -0.05) is 49.3 Å². The minimum absolute atomic E-state index is 0.0337. The summed E-state index contributed by atoms with van der Waals surface area (Å²) in [5.41, 5.74) is 0.923. The van der Waals surface area contributed by atoms with Gasteiger partial charge in [0.1, 0.15) is 23.8 Å². The van der Waals surface area contributed by atoms with Crippen molar-refractivity contribution in [2.75, 3.05) is 13.1 Å². The molecule has 14 heteroatoms. The van der Waals surface area contributed by atoms with Crippen molar-refractivity contribution in [3.05, 3.63) is 71.6 Å². The van der Waals surface area contributed by atoms with Crippen LogP contribution in [0.4, 0.5) is 0 Å². The summed E-state index contributed by atoms with van der Waals surface area (Å²) in [6.07, 6.45) is 3.56. The van der Waals surface area contributed by atoms with E-state index in [-0.39, 0.29) is 49.1 Å². The number of imidazole rings is 1. The number of aromatic nitrogens is 3. The number of nitrogens with zero attached hydrogens (tertiary/aromatic N) is 4. The number of carbonyl (C=O) groups excluding carboxylic acids is 5. The zero-order chi connectivity index (χ0) is 31.8. The standard InChI is InChI=1S/C30H38N8O6/c1-18(2)12-22-28(41)35-23(13-20-8-6-5-7-9-20)27(40)31-10-11-38(30(43)25-16-37(4)17-32-25)15-21-14-24(36-44-21)29(42)33-19(3)26(39)34-22/h5-9,14,16-19,22-23H,10-13,15H2,1-4H3,(H,31,40)(H,33,42)(H,34,39)(H,35,41)/t19-,22-,23-/m1/s1. The van der Waals surface area contributed by atoms with E-state index in [0.29, 0.717) is 6.42 Å². The van der Waals surface area contributed by atoms with Gasteiger partial charge in [0, 0.05) is 38.8 Å². The third-order valence-corrected chi connectivity index (χ3v) is 7.03.